The fourth-order valence-corrected chi connectivity index (χ4v) is 2.34. The molecule has 1 aromatic carbocycles. The molecule has 0 aliphatic carbocycles. The van der Waals surface area contributed by atoms with E-state index in [4.69, 9.17) is 9.15 Å². The first-order chi connectivity index (χ1) is 8.29. The number of nitrogens with zero attached hydrogens (tertiary/aromatic N) is 1. The van der Waals surface area contributed by atoms with Crippen molar-refractivity contribution in [1.29, 1.82) is 0 Å². The molecule has 0 saturated carbocycles. The maximum absolute atomic E-state index is 11.5. The Morgan fingerprint density at radius 2 is 2.24 bits per heavy atom. The Bertz CT molecular complexity index is 573. The molecule has 0 bridgehead atoms. The average molecular weight is 231 g/mol. The minimum atomic E-state index is -0.295. The van der Waals surface area contributed by atoms with Crippen LogP contribution in [-0.4, -0.2) is 24.6 Å². The van der Waals surface area contributed by atoms with Crippen LogP contribution in [0.1, 0.15) is 11.3 Å². The van der Waals surface area contributed by atoms with Crippen LogP contribution in [0.25, 0.3) is 11.0 Å². The van der Waals surface area contributed by atoms with E-state index in [9.17, 15) is 4.79 Å². The van der Waals surface area contributed by atoms with Crippen molar-refractivity contribution in [1.82, 2.24) is 4.90 Å². The number of para-hydroxylation sites is 1. The summed E-state index contributed by atoms with van der Waals surface area (Å²) in [7, 11) is 1.40. The summed E-state index contributed by atoms with van der Waals surface area (Å²) in [5, 5.41) is 1.16. The minimum Gasteiger partial charge on any atom is -0.459 e. The number of hydrogen-bond acceptors (Lipinski definition) is 3. The summed E-state index contributed by atoms with van der Waals surface area (Å²) in [5.74, 6) is 0.878. The first-order valence-electron chi connectivity index (χ1n) is 5.62. The molecule has 0 N–H and O–H groups in total. The van der Waals surface area contributed by atoms with Crippen molar-refractivity contribution >= 4 is 17.1 Å². The van der Waals surface area contributed by atoms with E-state index in [0.29, 0.717) is 13.1 Å². The zero-order valence-electron chi connectivity index (χ0n) is 9.60. The maximum atomic E-state index is 11.5. The lowest BCUT2D eigenvalue weighted by molar-refractivity contribution is 0.115. The summed E-state index contributed by atoms with van der Waals surface area (Å²) >= 11 is 0. The van der Waals surface area contributed by atoms with Gasteiger partial charge in [-0.25, -0.2) is 4.79 Å². The highest BCUT2D eigenvalue weighted by Crippen LogP contribution is 2.30. The molecule has 3 rings (SSSR count). The molecule has 0 saturated heterocycles. The molecule has 17 heavy (non-hydrogen) atoms. The van der Waals surface area contributed by atoms with Crippen LogP contribution in [0.15, 0.2) is 28.7 Å². The number of hydrogen-bond donors (Lipinski definition) is 0. The molecule has 1 aliphatic rings. The van der Waals surface area contributed by atoms with Gasteiger partial charge < -0.3 is 14.1 Å². The van der Waals surface area contributed by atoms with Crippen LogP contribution in [0.4, 0.5) is 4.79 Å². The van der Waals surface area contributed by atoms with Crippen LogP contribution in [0.3, 0.4) is 0 Å². The van der Waals surface area contributed by atoms with Crippen molar-refractivity contribution in [3.05, 3.63) is 35.6 Å². The highest BCUT2D eigenvalue weighted by molar-refractivity contribution is 5.82. The van der Waals surface area contributed by atoms with Crippen LogP contribution >= 0.6 is 0 Å². The number of carbonyl (C=O) groups excluding carboxylic acids is 1. The van der Waals surface area contributed by atoms with Gasteiger partial charge in [0.05, 0.1) is 13.7 Å². The molecular formula is C13H13NO3. The molecule has 0 spiro atoms. The Morgan fingerprint density at radius 1 is 1.41 bits per heavy atom. The Hall–Kier alpha value is -1.97. The van der Waals surface area contributed by atoms with Crippen molar-refractivity contribution in [2.45, 2.75) is 13.0 Å². The van der Waals surface area contributed by atoms with Crippen molar-refractivity contribution in [2.75, 3.05) is 13.7 Å². The Labute approximate surface area is 98.8 Å². The fourth-order valence-electron chi connectivity index (χ4n) is 2.34. The van der Waals surface area contributed by atoms with E-state index in [1.165, 1.54) is 12.7 Å². The van der Waals surface area contributed by atoms with Crippen LogP contribution in [0, 0.1) is 0 Å². The summed E-state index contributed by atoms with van der Waals surface area (Å²) in [4.78, 5) is 13.1. The average Bonchev–Trinajstić information content (AvgIpc) is 2.75. The molecule has 0 radical (unpaired) electrons. The molecule has 1 amide bonds. The molecule has 88 valence electrons. The lowest BCUT2D eigenvalue weighted by atomic mass is 10.0. The molecule has 0 atom stereocenters. The van der Waals surface area contributed by atoms with Gasteiger partial charge in [0.25, 0.3) is 0 Å². The number of methoxy groups -OCH3 is 1. The molecule has 4 nitrogen and oxygen atoms in total. The van der Waals surface area contributed by atoms with Gasteiger partial charge in [-0.1, -0.05) is 18.2 Å². The van der Waals surface area contributed by atoms with Gasteiger partial charge in [-0.05, 0) is 12.5 Å². The summed E-state index contributed by atoms with van der Waals surface area (Å²) in [6, 6.07) is 7.97. The van der Waals surface area contributed by atoms with Gasteiger partial charge >= 0.3 is 6.09 Å². The molecule has 0 unspecified atom stereocenters. The highest BCUT2D eigenvalue weighted by atomic mass is 16.5. The quantitative estimate of drug-likeness (QED) is 0.699. The van der Waals surface area contributed by atoms with E-state index in [-0.39, 0.29) is 6.09 Å². The Morgan fingerprint density at radius 3 is 3.06 bits per heavy atom. The van der Waals surface area contributed by atoms with E-state index in [1.807, 2.05) is 18.2 Å². The third-order valence-electron chi connectivity index (χ3n) is 3.18. The topological polar surface area (TPSA) is 42.7 Å². The van der Waals surface area contributed by atoms with E-state index in [1.54, 1.807) is 4.90 Å². The van der Waals surface area contributed by atoms with Crippen LogP contribution in [-0.2, 0) is 17.7 Å². The van der Waals surface area contributed by atoms with E-state index >= 15 is 0 Å². The second kappa shape index (κ2) is 3.80. The van der Waals surface area contributed by atoms with Crippen LogP contribution in [0.5, 0.6) is 0 Å². The van der Waals surface area contributed by atoms with Gasteiger partial charge in [0.2, 0.25) is 0 Å². The standard InChI is InChI=1S/C13H13NO3/c1-16-13(15)14-7-6-10-9-4-2-3-5-11(9)17-12(10)8-14/h2-5H,6-8H2,1H3. The summed E-state index contributed by atoms with van der Waals surface area (Å²) in [6.45, 7) is 1.18. The van der Waals surface area contributed by atoms with Gasteiger partial charge in [0.15, 0.2) is 0 Å². The van der Waals surface area contributed by atoms with Gasteiger partial charge in [-0.2, -0.15) is 0 Å². The van der Waals surface area contributed by atoms with Gasteiger partial charge in [-0.15, -0.1) is 0 Å². The van der Waals surface area contributed by atoms with Crippen molar-refractivity contribution < 1.29 is 13.9 Å². The predicted molar refractivity (Wildman–Crippen MR) is 62.7 cm³/mol. The third-order valence-corrected chi connectivity index (χ3v) is 3.18. The largest absolute Gasteiger partial charge is 0.459 e. The molecule has 1 aromatic heterocycles. The van der Waals surface area contributed by atoms with E-state index in [0.717, 1.165) is 23.2 Å². The van der Waals surface area contributed by atoms with Gasteiger partial charge in [0, 0.05) is 17.5 Å². The molecule has 1 aliphatic heterocycles. The number of amides is 1. The number of ether oxygens (including phenoxy) is 1. The first-order valence-corrected chi connectivity index (χ1v) is 5.62. The third kappa shape index (κ3) is 1.56. The smallest absolute Gasteiger partial charge is 0.409 e. The van der Waals surface area contributed by atoms with Crippen molar-refractivity contribution in [3.63, 3.8) is 0 Å². The fraction of sp³-hybridized carbons (Fsp3) is 0.308. The highest BCUT2D eigenvalue weighted by Gasteiger charge is 2.25. The summed E-state index contributed by atoms with van der Waals surface area (Å²) in [6.07, 6.45) is 0.526. The lowest BCUT2D eigenvalue weighted by Crippen LogP contribution is -2.35. The first kappa shape index (κ1) is 10.2. The maximum Gasteiger partial charge on any atom is 0.409 e. The number of benzene rings is 1. The summed E-state index contributed by atoms with van der Waals surface area (Å²) < 4.78 is 10.5. The monoisotopic (exact) mass is 231 g/mol. The minimum absolute atomic E-state index is 0.295. The van der Waals surface area contributed by atoms with Gasteiger partial charge in [-0.3, -0.25) is 0 Å². The normalized spacial score (nSPS) is 14.8. The number of fused-ring (bicyclic) bond motifs is 3. The second-order valence-corrected chi connectivity index (χ2v) is 4.14. The molecule has 4 heteroatoms. The Balaban J connectivity index is 2.00. The van der Waals surface area contributed by atoms with E-state index in [2.05, 4.69) is 6.07 Å². The molecule has 0 fully saturated rings. The number of rotatable bonds is 0. The SMILES string of the molecule is COC(=O)N1CCc2c(oc3ccccc23)C1. The Kier molecular flexibility index (Phi) is 2.28. The lowest BCUT2D eigenvalue weighted by Gasteiger charge is -2.24. The predicted octanol–water partition coefficient (Wildman–Crippen LogP) is 2.56. The molecule has 2 heterocycles. The summed E-state index contributed by atoms with van der Waals surface area (Å²) in [5.41, 5.74) is 2.12. The van der Waals surface area contributed by atoms with Crippen molar-refractivity contribution in [2.24, 2.45) is 0 Å². The number of carbonyl (C=O) groups is 1. The van der Waals surface area contributed by atoms with Crippen molar-refractivity contribution in [3.8, 4) is 0 Å². The second-order valence-electron chi connectivity index (χ2n) is 4.14. The number of furan rings is 1. The van der Waals surface area contributed by atoms with Crippen LogP contribution < -0.4 is 0 Å². The van der Waals surface area contributed by atoms with Gasteiger partial charge in [0.1, 0.15) is 11.3 Å². The molecule has 2 aromatic rings. The van der Waals surface area contributed by atoms with E-state index < -0.39 is 0 Å². The zero-order chi connectivity index (χ0) is 11.8. The zero-order valence-corrected chi connectivity index (χ0v) is 9.60. The molecular weight excluding hydrogens is 218 g/mol. The van der Waals surface area contributed by atoms with Crippen LogP contribution in [0.2, 0.25) is 0 Å².